The molecule has 0 fully saturated rings. The number of carbonyl (C=O) groups excluding carboxylic acids is 1. The normalized spacial score (nSPS) is 13.3. The minimum atomic E-state index is -0.284. The van der Waals surface area contributed by atoms with E-state index in [-0.39, 0.29) is 5.91 Å². The summed E-state index contributed by atoms with van der Waals surface area (Å²) in [5.74, 6) is -0.284. The minimum Gasteiger partial charge on any atom is -0.312 e. The first-order valence-corrected chi connectivity index (χ1v) is 8.48. The lowest BCUT2D eigenvalue weighted by molar-refractivity contribution is 0.102. The van der Waals surface area contributed by atoms with Crippen molar-refractivity contribution in [3.05, 3.63) is 49.8 Å². The van der Waals surface area contributed by atoms with Gasteiger partial charge in [0.1, 0.15) is 11.1 Å². The predicted molar refractivity (Wildman–Crippen MR) is 90.1 cm³/mol. The van der Waals surface area contributed by atoms with Gasteiger partial charge in [-0.1, -0.05) is 23.2 Å². The summed E-state index contributed by atoms with van der Waals surface area (Å²) in [5, 5.41) is 13.6. The lowest BCUT2D eigenvalue weighted by atomic mass is 9.96. The van der Waals surface area contributed by atoms with Crippen LogP contribution in [0.2, 0.25) is 10.0 Å². The number of hydrogen-bond donors (Lipinski definition) is 1. The van der Waals surface area contributed by atoms with Crippen LogP contribution >= 0.6 is 34.5 Å². The molecule has 1 aromatic carbocycles. The average molecular weight is 351 g/mol. The fraction of sp³-hybridized carbons (Fsp3) is 0.250. The maximum atomic E-state index is 12.3. The number of hydrogen-bond acceptors (Lipinski definition) is 3. The number of anilines is 1. The first kappa shape index (κ1) is 15.4. The molecule has 1 N–H and O–H groups in total. The summed E-state index contributed by atoms with van der Waals surface area (Å²) < 4.78 is 0. The van der Waals surface area contributed by atoms with Gasteiger partial charge in [-0.2, -0.15) is 5.26 Å². The fourth-order valence-electron chi connectivity index (χ4n) is 2.58. The molecule has 22 heavy (non-hydrogen) atoms. The molecule has 2 aromatic rings. The van der Waals surface area contributed by atoms with Gasteiger partial charge in [0.15, 0.2) is 0 Å². The summed E-state index contributed by atoms with van der Waals surface area (Å²) in [6.07, 6.45) is 4.13. The summed E-state index contributed by atoms with van der Waals surface area (Å²) in [4.78, 5) is 13.6. The maximum Gasteiger partial charge on any atom is 0.256 e. The van der Waals surface area contributed by atoms with Crippen LogP contribution in [-0.2, 0) is 12.8 Å². The van der Waals surface area contributed by atoms with Gasteiger partial charge in [0.05, 0.1) is 15.6 Å². The molecule has 0 spiro atoms. The summed E-state index contributed by atoms with van der Waals surface area (Å²) in [7, 11) is 0. The topological polar surface area (TPSA) is 52.9 Å². The highest BCUT2D eigenvalue weighted by Crippen LogP contribution is 2.37. The van der Waals surface area contributed by atoms with Gasteiger partial charge >= 0.3 is 0 Å². The zero-order valence-electron chi connectivity index (χ0n) is 11.6. The summed E-state index contributed by atoms with van der Waals surface area (Å²) >= 11 is 13.3. The molecule has 1 heterocycles. The molecule has 0 unspecified atom stereocenters. The number of thiophene rings is 1. The van der Waals surface area contributed by atoms with Crippen molar-refractivity contribution < 1.29 is 4.79 Å². The van der Waals surface area contributed by atoms with E-state index in [2.05, 4.69) is 11.4 Å². The second kappa shape index (κ2) is 6.29. The molecule has 0 bridgehead atoms. The van der Waals surface area contributed by atoms with E-state index in [1.54, 1.807) is 12.1 Å². The Morgan fingerprint density at radius 1 is 1.23 bits per heavy atom. The lowest BCUT2D eigenvalue weighted by Gasteiger charge is -2.09. The van der Waals surface area contributed by atoms with E-state index in [9.17, 15) is 10.1 Å². The smallest absolute Gasteiger partial charge is 0.256 e. The lowest BCUT2D eigenvalue weighted by Crippen LogP contribution is -2.11. The molecule has 0 saturated carbocycles. The molecule has 3 rings (SSSR count). The maximum absolute atomic E-state index is 12.3. The number of nitrogens with one attached hydrogen (secondary N) is 1. The largest absolute Gasteiger partial charge is 0.312 e. The van der Waals surface area contributed by atoms with Crippen LogP contribution in [-0.4, -0.2) is 5.91 Å². The number of benzene rings is 1. The van der Waals surface area contributed by atoms with E-state index in [0.29, 0.717) is 26.2 Å². The zero-order valence-corrected chi connectivity index (χ0v) is 13.9. The third-order valence-electron chi connectivity index (χ3n) is 3.69. The van der Waals surface area contributed by atoms with E-state index in [0.717, 1.165) is 31.2 Å². The summed E-state index contributed by atoms with van der Waals surface area (Å²) in [6.45, 7) is 0. The molecule has 0 saturated heterocycles. The fourth-order valence-corrected chi connectivity index (χ4v) is 4.12. The molecule has 0 radical (unpaired) electrons. The van der Waals surface area contributed by atoms with Crippen LogP contribution in [0.1, 0.15) is 39.2 Å². The molecule has 0 atom stereocenters. The van der Waals surface area contributed by atoms with Gasteiger partial charge in [-0.15, -0.1) is 11.3 Å². The second-order valence-corrected chi connectivity index (χ2v) is 7.03. The molecule has 6 heteroatoms. The van der Waals surface area contributed by atoms with Crippen molar-refractivity contribution in [3.8, 4) is 6.07 Å². The Hall–Kier alpha value is -1.54. The number of rotatable bonds is 2. The van der Waals surface area contributed by atoms with Crippen molar-refractivity contribution in [3.63, 3.8) is 0 Å². The second-order valence-electron chi connectivity index (χ2n) is 5.11. The van der Waals surface area contributed by atoms with Crippen LogP contribution in [0.3, 0.4) is 0 Å². The van der Waals surface area contributed by atoms with Crippen LogP contribution in [0.15, 0.2) is 18.2 Å². The van der Waals surface area contributed by atoms with Crippen molar-refractivity contribution >= 4 is 45.4 Å². The Balaban J connectivity index is 1.89. The molecule has 112 valence electrons. The SMILES string of the molecule is N#Cc1c(NC(=O)c2ccc(Cl)c(Cl)c2)sc2c1CCCC2. The molecule has 1 amide bonds. The minimum absolute atomic E-state index is 0.284. The third-order valence-corrected chi connectivity index (χ3v) is 5.64. The number of carbonyl (C=O) groups is 1. The van der Waals surface area contributed by atoms with E-state index in [1.165, 1.54) is 22.3 Å². The van der Waals surface area contributed by atoms with Gasteiger partial charge in [0.2, 0.25) is 0 Å². The molecule has 1 aliphatic rings. The van der Waals surface area contributed by atoms with Crippen molar-refractivity contribution in [1.29, 1.82) is 5.26 Å². The Morgan fingerprint density at radius 2 is 2.00 bits per heavy atom. The average Bonchev–Trinajstić information content (AvgIpc) is 2.86. The van der Waals surface area contributed by atoms with Crippen LogP contribution in [0.25, 0.3) is 0 Å². The molecular formula is C16H12Cl2N2OS. The number of fused-ring (bicyclic) bond motifs is 1. The highest BCUT2D eigenvalue weighted by atomic mass is 35.5. The standard InChI is InChI=1S/C16H12Cl2N2OS/c17-12-6-5-9(7-13(12)18)15(21)20-16-11(8-19)10-3-1-2-4-14(10)22-16/h5-7H,1-4H2,(H,20,21). The Morgan fingerprint density at radius 3 is 2.73 bits per heavy atom. The van der Waals surface area contributed by atoms with E-state index < -0.39 is 0 Å². The van der Waals surface area contributed by atoms with E-state index in [1.807, 2.05) is 0 Å². The zero-order chi connectivity index (χ0) is 15.7. The van der Waals surface area contributed by atoms with Gasteiger partial charge in [0.25, 0.3) is 5.91 Å². The molecule has 1 aliphatic carbocycles. The Labute approximate surface area is 142 Å². The van der Waals surface area contributed by atoms with Gasteiger partial charge in [0, 0.05) is 10.4 Å². The molecule has 3 nitrogen and oxygen atoms in total. The summed E-state index contributed by atoms with van der Waals surface area (Å²) in [6, 6.07) is 6.96. The van der Waals surface area contributed by atoms with Crippen LogP contribution in [0.5, 0.6) is 0 Å². The Bertz CT molecular complexity index is 792. The monoisotopic (exact) mass is 350 g/mol. The molecule has 1 aromatic heterocycles. The highest BCUT2D eigenvalue weighted by molar-refractivity contribution is 7.16. The number of aryl methyl sites for hydroxylation is 1. The van der Waals surface area contributed by atoms with Crippen LogP contribution in [0, 0.1) is 11.3 Å². The van der Waals surface area contributed by atoms with Crippen LogP contribution in [0.4, 0.5) is 5.00 Å². The summed E-state index contributed by atoms with van der Waals surface area (Å²) in [5.41, 5.74) is 2.13. The number of nitrogens with zero attached hydrogens (tertiary/aromatic N) is 1. The third kappa shape index (κ3) is 2.85. The van der Waals surface area contributed by atoms with Gasteiger partial charge in [-0.05, 0) is 49.4 Å². The first-order valence-electron chi connectivity index (χ1n) is 6.91. The molecule has 0 aliphatic heterocycles. The van der Waals surface area contributed by atoms with E-state index in [4.69, 9.17) is 23.2 Å². The van der Waals surface area contributed by atoms with Crippen molar-refractivity contribution in [1.82, 2.24) is 0 Å². The van der Waals surface area contributed by atoms with Gasteiger partial charge in [-0.3, -0.25) is 4.79 Å². The highest BCUT2D eigenvalue weighted by Gasteiger charge is 2.22. The predicted octanol–water partition coefficient (Wildman–Crippen LogP) is 5.06. The van der Waals surface area contributed by atoms with Crippen molar-refractivity contribution in [2.45, 2.75) is 25.7 Å². The van der Waals surface area contributed by atoms with Crippen molar-refractivity contribution in [2.75, 3.05) is 5.32 Å². The number of nitriles is 1. The number of halogens is 2. The van der Waals surface area contributed by atoms with Gasteiger partial charge in [-0.25, -0.2) is 0 Å². The molecular weight excluding hydrogens is 339 g/mol. The quantitative estimate of drug-likeness (QED) is 0.822. The van der Waals surface area contributed by atoms with Gasteiger partial charge < -0.3 is 5.32 Å². The van der Waals surface area contributed by atoms with E-state index >= 15 is 0 Å². The van der Waals surface area contributed by atoms with Crippen molar-refractivity contribution in [2.24, 2.45) is 0 Å². The Kier molecular flexibility index (Phi) is 4.39. The number of amides is 1. The first-order chi connectivity index (χ1) is 10.6. The van der Waals surface area contributed by atoms with Crippen LogP contribution < -0.4 is 5.32 Å².